The molecule has 6 rings (SSSR count). The number of aromatic hydroxyl groups is 1. The van der Waals surface area contributed by atoms with Crippen LogP contribution in [-0.2, 0) is 4.79 Å². The van der Waals surface area contributed by atoms with Gasteiger partial charge in [0.2, 0.25) is 0 Å². The van der Waals surface area contributed by atoms with Gasteiger partial charge in [-0.1, -0.05) is 30.3 Å². The number of pyridine rings is 1. The third kappa shape index (κ3) is 7.55. The van der Waals surface area contributed by atoms with Gasteiger partial charge in [0.15, 0.2) is 17.4 Å². The second kappa shape index (κ2) is 15.5. The van der Waals surface area contributed by atoms with Crippen LogP contribution < -0.4 is 14.4 Å². The van der Waals surface area contributed by atoms with Crippen LogP contribution in [0.15, 0.2) is 48.9 Å². The third-order valence-corrected chi connectivity index (χ3v) is 7.96. The van der Waals surface area contributed by atoms with Gasteiger partial charge < -0.3 is 29.3 Å². The van der Waals surface area contributed by atoms with Gasteiger partial charge in [0.25, 0.3) is 5.91 Å². The molecule has 1 N–H and O–H groups in total. The van der Waals surface area contributed by atoms with Crippen LogP contribution in [0.25, 0.3) is 32.9 Å². The number of amides is 1. The quantitative estimate of drug-likeness (QED) is 0.273. The number of phenolic OH excluding ortho intramolecular Hbond substituents is 1. The third-order valence-electron chi connectivity index (χ3n) is 7.64. The molecule has 0 radical (unpaired) electrons. The number of halogens is 2. The van der Waals surface area contributed by atoms with Gasteiger partial charge >= 0.3 is 6.01 Å². The lowest BCUT2D eigenvalue weighted by atomic mass is 9.97. The summed E-state index contributed by atoms with van der Waals surface area (Å²) >= 11 is 6.55. The molecule has 2 aromatic carbocycles. The van der Waals surface area contributed by atoms with Crippen molar-refractivity contribution in [3.8, 4) is 34.7 Å². The highest BCUT2D eigenvalue weighted by Crippen LogP contribution is 2.43. The first-order chi connectivity index (χ1) is 22.1. The van der Waals surface area contributed by atoms with Crippen molar-refractivity contribution in [2.45, 2.75) is 19.8 Å². The van der Waals surface area contributed by atoms with Crippen molar-refractivity contribution < 1.29 is 23.8 Å². The first-order valence-corrected chi connectivity index (χ1v) is 15.1. The number of hydrogen-bond donors (Lipinski definition) is 1. The zero-order valence-corrected chi connectivity index (χ0v) is 27.1. The Morgan fingerprint density at radius 1 is 1.04 bits per heavy atom. The number of benzene rings is 2. The Balaban J connectivity index is 0.000000466. The Kier molecular flexibility index (Phi) is 11.5. The molecule has 2 aliphatic rings. The van der Waals surface area contributed by atoms with Gasteiger partial charge in [0.1, 0.15) is 16.8 Å². The van der Waals surface area contributed by atoms with Gasteiger partial charge in [-0.2, -0.15) is 15.2 Å². The second-order valence-electron chi connectivity index (χ2n) is 10.7. The van der Waals surface area contributed by atoms with E-state index in [-0.39, 0.29) is 11.8 Å². The number of likely N-dealkylation sites (tertiary alicyclic amines) is 1. The van der Waals surface area contributed by atoms with E-state index in [1.54, 1.807) is 30.5 Å². The number of ether oxygens (including phenoxy) is 2. The van der Waals surface area contributed by atoms with E-state index >= 15 is 0 Å². The number of hydrogen-bond acceptors (Lipinski definition) is 10. The summed E-state index contributed by atoms with van der Waals surface area (Å²) in [5.74, 6) is -0.735. The average molecular weight is 650 g/mol. The number of anilines is 1. The van der Waals surface area contributed by atoms with E-state index in [1.165, 1.54) is 52.0 Å². The van der Waals surface area contributed by atoms with E-state index in [2.05, 4.69) is 33.5 Å². The molecule has 13 heteroatoms. The topological polar surface area (TPSA) is 128 Å². The van der Waals surface area contributed by atoms with Crippen LogP contribution >= 0.6 is 11.6 Å². The molecule has 2 aromatic heterocycles. The number of carbonyl (C=O) groups excluding carboxylic acids is 1. The molecule has 1 amide bonds. The maximum Gasteiger partial charge on any atom is 0.318 e. The molecule has 0 unspecified atom stereocenters. The predicted octanol–water partition coefficient (Wildman–Crippen LogP) is 5.59. The largest absolute Gasteiger partial charge is 0.508 e. The highest BCUT2D eigenvalue weighted by Gasteiger charge is 2.27. The van der Waals surface area contributed by atoms with E-state index in [1.807, 2.05) is 17.0 Å². The first kappa shape index (κ1) is 34.1. The molecule has 4 heterocycles. The normalized spacial score (nSPS) is 14.5. The van der Waals surface area contributed by atoms with Crippen LogP contribution in [-0.4, -0.2) is 96.3 Å². The summed E-state index contributed by atoms with van der Waals surface area (Å²) in [6.45, 7) is 8.54. The van der Waals surface area contributed by atoms with Crippen molar-refractivity contribution in [2.75, 3.05) is 65.4 Å². The molecule has 0 atom stereocenters. The molecule has 2 saturated heterocycles. The van der Waals surface area contributed by atoms with E-state index in [4.69, 9.17) is 26.3 Å². The fourth-order valence-corrected chi connectivity index (χ4v) is 5.76. The number of fused-ring (bicyclic) bond motifs is 2. The SMILES string of the molecule is C=C(F)C(=O)N1CCN(c2nc(OC)nc3c(OC)c(-c4cc(O)cc5cccc(Cl)c45)cnc23)CC1.CC#N.CN1CCCC1. The summed E-state index contributed by atoms with van der Waals surface area (Å²) in [6, 6.07) is 10.5. The van der Waals surface area contributed by atoms with Gasteiger partial charge in [-0.05, 0) is 62.1 Å². The maximum absolute atomic E-state index is 13.3. The maximum atomic E-state index is 13.3. The minimum absolute atomic E-state index is 0.0660. The number of carbonyl (C=O) groups is 1. The molecular formula is C33H37ClFN7O4. The summed E-state index contributed by atoms with van der Waals surface area (Å²) < 4.78 is 24.5. The molecule has 0 bridgehead atoms. The van der Waals surface area contributed by atoms with Crippen molar-refractivity contribution >= 4 is 45.1 Å². The number of nitriles is 1. The minimum Gasteiger partial charge on any atom is -0.508 e. The fourth-order valence-electron chi connectivity index (χ4n) is 5.47. The van der Waals surface area contributed by atoms with Crippen molar-refractivity contribution in [3.63, 3.8) is 0 Å². The lowest BCUT2D eigenvalue weighted by Crippen LogP contribution is -2.49. The number of rotatable bonds is 5. The molecule has 11 nitrogen and oxygen atoms in total. The number of piperazine rings is 1. The summed E-state index contributed by atoms with van der Waals surface area (Å²) in [5.41, 5.74) is 2.07. The van der Waals surface area contributed by atoms with E-state index in [0.717, 1.165) is 10.8 Å². The van der Waals surface area contributed by atoms with Crippen LogP contribution in [0.2, 0.25) is 5.02 Å². The molecule has 0 saturated carbocycles. The lowest BCUT2D eigenvalue weighted by Gasteiger charge is -2.35. The van der Waals surface area contributed by atoms with Gasteiger partial charge in [-0.3, -0.25) is 4.79 Å². The molecular weight excluding hydrogens is 613 g/mol. The standard InChI is InChI=1S/C26H23ClFN5O4.C5H11N.C2H3N/c1-14(28)25(35)33-9-7-32(8-10-33)24-22-21(30-26(31-24)37-3)23(36-2)18(13-29-22)17-12-16(34)11-15-5-4-6-19(27)20(15)17;1-6-4-2-3-5-6;1-2-3/h4-6,11-13,34H,1,7-10H2,2-3H3;2-5H2,1H3;1H3. The molecule has 4 aromatic rings. The minimum atomic E-state index is -0.985. The number of phenols is 1. The van der Waals surface area contributed by atoms with Gasteiger partial charge in [0.05, 0.1) is 20.3 Å². The predicted molar refractivity (Wildman–Crippen MR) is 177 cm³/mol. The summed E-state index contributed by atoms with van der Waals surface area (Å²) in [7, 11) is 5.15. The van der Waals surface area contributed by atoms with Crippen molar-refractivity contribution in [1.82, 2.24) is 24.8 Å². The van der Waals surface area contributed by atoms with E-state index < -0.39 is 11.7 Å². The molecule has 0 aliphatic carbocycles. The smallest absolute Gasteiger partial charge is 0.318 e. The zero-order chi connectivity index (χ0) is 33.4. The second-order valence-corrected chi connectivity index (χ2v) is 11.1. The molecule has 2 aliphatic heterocycles. The summed E-state index contributed by atoms with van der Waals surface area (Å²) in [6.07, 6.45) is 4.46. The number of methoxy groups -OCH3 is 2. The van der Waals surface area contributed by atoms with Crippen LogP contribution in [0.5, 0.6) is 17.5 Å². The number of aromatic nitrogens is 3. The van der Waals surface area contributed by atoms with Crippen molar-refractivity contribution in [3.05, 3.63) is 54.0 Å². The van der Waals surface area contributed by atoms with E-state index in [9.17, 15) is 14.3 Å². The van der Waals surface area contributed by atoms with Crippen LogP contribution in [0, 0.1) is 11.3 Å². The average Bonchev–Trinajstić information content (AvgIpc) is 3.54. The molecule has 2 fully saturated rings. The van der Waals surface area contributed by atoms with Crippen LogP contribution in [0.4, 0.5) is 10.2 Å². The fraction of sp³-hybridized carbons (Fsp3) is 0.364. The molecule has 46 heavy (non-hydrogen) atoms. The van der Waals surface area contributed by atoms with Crippen LogP contribution in [0.3, 0.4) is 0 Å². The van der Waals surface area contributed by atoms with Crippen molar-refractivity contribution in [2.24, 2.45) is 0 Å². The Hall–Kier alpha value is -4.73. The van der Waals surface area contributed by atoms with Gasteiger partial charge in [-0.15, -0.1) is 0 Å². The van der Waals surface area contributed by atoms with Gasteiger partial charge in [0, 0.05) is 55.3 Å². The zero-order valence-electron chi connectivity index (χ0n) is 26.4. The Morgan fingerprint density at radius 2 is 1.72 bits per heavy atom. The van der Waals surface area contributed by atoms with E-state index in [0.29, 0.717) is 64.9 Å². The molecule has 242 valence electrons. The number of nitrogens with zero attached hydrogens (tertiary/aromatic N) is 7. The monoisotopic (exact) mass is 649 g/mol. The summed E-state index contributed by atoms with van der Waals surface area (Å²) in [4.78, 5) is 31.4. The highest BCUT2D eigenvalue weighted by atomic mass is 35.5. The molecule has 0 spiro atoms. The Morgan fingerprint density at radius 3 is 2.28 bits per heavy atom. The van der Waals surface area contributed by atoms with Crippen molar-refractivity contribution in [1.29, 1.82) is 5.26 Å². The lowest BCUT2D eigenvalue weighted by molar-refractivity contribution is -0.128. The summed E-state index contributed by atoms with van der Waals surface area (Å²) in [5, 5.41) is 19.7. The first-order valence-electron chi connectivity index (χ1n) is 14.7. The Bertz CT molecular complexity index is 1770. The van der Waals surface area contributed by atoms with Gasteiger partial charge in [-0.25, -0.2) is 9.37 Å². The van der Waals surface area contributed by atoms with Crippen LogP contribution in [0.1, 0.15) is 19.8 Å². The Labute approximate surface area is 272 Å². The highest BCUT2D eigenvalue weighted by molar-refractivity contribution is 6.36.